The van der Waals surface area contributed by atoms with Gasteiger partial charge in [0, 0.05) is 19.2 Å². The van der Waals surface area contributed by atoms with E-state index in [2.05, 4.69) is 5.32 Å². The van der Waals surface area contributed by atoms with Crippen molar-refractivity contribution in [3.63, 3.8) is 0 Å². The fourth-order valence-corrected chi connectivity index (χ4v) is 1.08. The molecule has 0 saturated heterocycles. The van der Waals surface area contributed by atoms with Crippen molar-refractivity contribution in [2.75, 3.05) is 11.9 Å². The summed E-state index contributed by atoms with van der Waals surface area (Å²) in [5, 5.41) is 2.70. The summed E-state index contributed by atoms with van der Waals surface area (Å²) in [5.74, 6) is -0.0600. The number of carbonyl (C=O) groups excluding carboxylic acids is 1. The van der Waals surface area contributed by atoms with Crippen LogP contribution in [0.5, 0.6) is 0 Å². The van der Waals surface area contributed by atoms with Gasteiger partial charge in [0.2, 0.25) is 5.91 Å². The van der Waals surface area contributed by atoms with Crippen molar-refractivity contribution in [1.82, 2.24) is 0 Å². The number of hydrogen-bond donors (Lipinski definition) is 2. The first kappa shape index (κ1) is 13.7. The average molecular weight is 227 g/mol. The Morgan fingerprint density at radius 2 is 2.00 bits per heavy atom. The first-order valence-electron chi connectivity index (χ1n) is 4.46. The van der Waals surface area contributed by atoms with E-state index >= 15 is 0 Å². The lowest BCUT2D eigenvalue weighted by Gasteiger charge is -2.01. The van der Waals surface area contributed by atoms with Gasteiger partial charge in [-0.3, -0.25) is 4.79 Å². The Morgan fingerprint density at radius 1 is 1.40 bits per heavy atom. The summed E-state index contributed by atoms with van der Waals surface area (Å²) in [6.45, 7) is 2.02. The van der Waals surface area contributed by atoms with Crippen molar-refractivity contribution < 1.29 is 4.79 Å². The maximum Gasteiger partial charge on any atom is 0.221 e. The number of nitrogens with two attached hydrogens (primary N) is 1. The molecular formula is C11H15ClN2O. The molecule has 0 heterocycles. The zero-order chi connectivity index (χ0) is 10.4. The summed E-state index contributed by atoms with van der Waals surface area (Å²) in [6.07, 6.45) is 3.82. The minimum absolute atomic E-state index is 0. The fraction of sp³-hybridized carbons (Fsp3) is 0.182. The van der Waals surface area contributed by atoms with Crippen LogP contribution in [0.15, 0.2) is 30.3 Å². The van der Waals surface area contributed by atoms with Crippen molar-refractivity contribution >= 4 is 30.1 Å². The monoisotopic (exact) mass is 226 g/mol. The molecular weight excluding hydrogens is 212 g/mol. The quantitative estimate of drug-likeness (QED) is 0.829. The molecule has 0 atom stereocenters. The van der Waals surface area contributed by atoms with E-state index in [0.717, 1.165) is 11.3 Å². The second-order valence-electron chi connectivity index (χ2n) is 2.94. The summed E-state index contributed by atoms with van der Waals surface area (Å²) in [5.41, 5.74) is 7.21. The molecule has 1 aromatic rings. The van der Waals surface area contributed by atoms with E-state index in [4.69, 9.17) is 5.73 Å². The Kier molecular flexibility index (Phi) is 6.42. The third-order valence-electron chi connectivity index (χ3n) is 1.68. The van der Waals surface area contributed by atoms with Crippen LogP contribution in [-0.2, 0) is 4.79 Å². The third-order valence-corrected chi connectivity index (χ3v) is 1.68. The molecule has 0 aliphatic heterocycles. The number of anilines is 1. The molecule has 0 aromatic heterocycles. The fourth-order valence-electron chi connectivity index (χ4n) is 1.08. The molecule has 0 saturated carbocycles. The maximum absolute atomic E-state index is 10.7. The Morgan fingerprint density at radius 3 is 2.47 bits per heavy atom. The van der Waals surface area contributed by atoms with Crippen molar-refractivity contribution in [1.29, 1.82) is 0 Å². The van der Waals surface area contributed by atoms with Crippen LogP contribution in [0.2, 0.25) is 0 Å². The standard InChI is InChI=1S/C11H14N2O.ClH/c1-9(14)13-11-6-4-10(5-7-11)3-2-8-12;/h2-7H,8,12H2,1H3,(H,13,14);1H. The van der Waals surface area contributed by atoms with Crippen LogP contribution < -0.4 is 11.1 Å². The van der Waals surface area contributed by atoms with Crippen LogP contribution in [0, 0.1) is 0 Å². The lowest BCUT2D eigenvalue weighted by molar-refractivity contribution is -0.114. The minimum Gasteiger partial charge on any atom is -0.327 e. The molecule has 3 N–H and O–H groups in total. The normalized spacial score (nSPS) is 9.73. The van der Waals surface area contributed by atoms with Crippen LogP contribution in [0.4, 0.5) is 5.69 Å². The van der Waals surface area contributed by atoms with E-state index in [1.54, 1.807) is 0 Å². The van der Waals surface area contributed by atoms with E-state index in [1.165, 1.54) is 6.92 Å². The molecule has 3 nitrogen and oxygen atoms in total. The predicted octanol–water partition coefficient (Wildman–Crippen LogP) is 2.04. The van der Waals surface area contributed by atoms with Crippen molar-refractivity contribution in [3.05, 3.63) is 35.9 Å². The van der Waals surface area contributed by atoms with Gasteiger partial charge in [-0.25, -0.2) is 0 Å². The van der Waals surface area contributed by atoms with Gasteiger partial charge in [-0.15, -0.1) is 12.4 Å². The van der Waals surface area contributed by atoms with Gasteiger partial charge >= 0.3 is 0 Å². The second kappa shape index (κ2) is 7.04. The van der Waals surface area contributed by atoms with E-state index in [1.807, 2.05) is 36.4 Å². The lowest BCUT2D eigenvalue weighted by Crippen LogP contribution is -2.05. The average Bonchev–Trinajstić information content (AvgIpc) is 2.16. The van der Waals surface area contributed by atoms with E-state index in [-0.39, 0.29) is 18.3 Å². The van der Waals surface area contributed by atoms with Gasteiger partial charge in [0.15, 0.2) is 0 Å². The van der Waals surface area contributed by atoms with Gasteiger partial charge in [0.25, 0.3) is 0 Å². The van der Waals surface area contributed by atoms with Crippen LogP contribution in [0.1, 0.15) is 12.5 Å². The summed E-state index contributed by atoms with van der Waals surface area (Å²) in [6, 6.07) is 7.57. The summed E-state index contributed by atoms with van der Waals surface area (Å²) >= 11 is 0. The van der Waals surface area contributed by atoms with Crippen molar-refractivity contribution in [2.45, 2.75) is 6.92 Å². The molecule has 0 radical (unpaired) electrons. The molecule has 82 valence electrons. The Balaban J connectivity index is 0.00000196. The molecule has 4 heteroatoms. The van der Waals surface area contributed by atoms with Crippen molar-refractivity contribution in [2.24, 2.45) is 5.73 Å². The number of carbonyl (C=O) groups is 1. The largest absolute Gasteiger partial charge is 0.327 e. The van der Waals surface area contributed by atoms with Crippen LogP contribution in [0.3, 0.4) is 0 Å². The van der Waals surface area contributed by atoms with E-state index in [0.29, 0.717) is 6.54 Å². The van der Waals surface area contributed by atoms with Gasteiger partial charge < -0.3 is 11.1 Å². The number of hydrogen-bond acceptors (Lipinski definition) is 2. The number of benzene rings is 1. The zero-order valence-electron chi connectivity index (χ0n) is 8.57. The molecule has 0 unspecified atom stereocenters. The van der Waals surface area contributed by atoms with Gasteiger partial charge in [-0.2, -0.15) is 0 Å². The first-order valence-corrected chi connectivity index (χ1v) is 4.46. The highest BCUT2D eigenvalue weighted by atomic mass is 35.5. The SMILES string of the molecule is CC(=O)Nc1ccc(C=CCN)cc1.Cl. The van der Waals surface area contributed by atoms with Crippen LogP contribution in [-0.4, -0.2) is 12.5 Å². The Hall–Kier alpha value is -1.32. The number of nitrogens with one attached hydrogen (secondary N) is 1. The van der Waals surface area contributed by atoms with Crippen LogP contribution in [0.25, 0.3) is 6.08 Å². The highest BCUT2D eigenvalue weighted by molar-refractivity contribution is 5.88. The van der Waals surface area contributed by atoms with E-state index < -0.39 is 0 Å². The predicted molar refractivity (Wildman–Crippen MR) is 66.1 cm³/mol. The van der Waals surface area contributed by atoms with Crippen LogP contribution >= 0.6 is 12.4 Å². The first-order chi connectivity index (χ1) is 6.72. The smallest absolute Gasteiger partial charge is 0.221 e. The highest BCUT2D eigenvalue weighted by Crippen LogP contribution is 2.10. The summed E-state index contributed by atoms with van der Waals surface area (Å²) < 4.78 is 0. The Bertz CT molecular complexity index is 333. The van der Waals surface area contributed by atoms with Gasteiger partial charge in [-0.05, 0) is 17.7 Å². The topological polar surface area (TPSA) is 55.1 Å². The van der Waals surface area contributed by atoms with Gasteiger partial charge in [-0.1, -0.05) is 24.3 Å². The number of rotatable bonds is 3. The van der Waals surface area contributed by atoms with Crippen molar-refractivity contribution in [3.8, 4) is 0 Å². The lowest BCUT2D eigenvalue weighted by atomic mass is 10.2. The minimum atomic E-state index is -0.0600. The summed E-state index contributed by atoms with van der Waals surface area (Å²) in [7, 11) is 0. The maximum atomic E-state index is 10.7. The summed E-state index contributed by atoms with van der Waals surface area (Å²) in [4.78, 5) is 10.7. The Labute approximate surface area is 95.8 Å². The van der Waals surface area contributed by atoms with Gasteiger partial charge in [0.1, 0.15) is 0 Å². The molecule has 1 amide bonds. The molecule has 1 rings (SSSR count). The van der Waals surface area contributed by atoms with E-state index in [9.17, 15) is 4.79 Å². The number of amides is 1. The molecule has 0 fully saturated rings. The molecule has 1 aromatic carbocycles. The molecule has 15 heavy (non-hydrogen) atoms. The molecule has 0 bridgehead atoms. The number of halogens is 1. The molecule has 0 spiro atoms. The second-order valence-corrected chi connectivity index (χ2v) is 2.94. The van der Waals surface area contributed by atoms with Gasteiger partial charge in [0.05, 0.1) is 0 Å². The third kappa shape index (κ3) is 5.20. The zero-order valence-corrected chi connectivity index (χ0v) is 9.38. The molecule has 0 aliphatic carbocycles. The highest BCUT2D eigenvalue weighted by Gasteiger charge is 1.93. The molecule has 0 aliphatic rings.